The molecule has 0 saturated carbocycles. The summed E-state index contributed by atoms with van der Waals surface area (Å²) in [5, 5.41) is 10.3. The number of hydrogen-bond donors (Lipinski definition) is 1. The standard InChI is InChI=1S/C18H20BrFO/c1-18(2,3)14-7-4-12(5-8-14)17(21)10-13-6-9-15(19)11-16(13)20/h4-9,11,17,21H,10H2,1-3H3. The number of aliphatic hydroxyl groups is 1. The van der Waals surface area contributed by atoms with Crippen LogP contribution in [-0.4, -0.2) is 5.11 Å². The lowest BCUT2D eigenvalue weighted by atomic mass is 9.86. The van der Waals surface area contributed by atoms with Crippen molar-refractivity contribution in [1.29, 1.82) is 0 Å². The molecule has 1 unspecified atom stereocenters. The molecule has 0 heterocycles. The molecule has 0 bridgehead atoms. The van der Waals surface area contributed by atoms with E-state index in [-0.39, 0.29) is 17.7 Å². The molecule has 0 aliphatic heterocycles. The van der Waals surface area contributed by atoms with Crippen molar-refractivity contribution in [3.63, 3.8) is 0 Å². The van der Waals surface area contributed by atoms with Gasteiger partial charge in [-0.1, -0.05) is 67.0 Å². The topological polar surface area (TPSA) is 20.2 Å². The summed E-state index contributed by atoms with van der Waals surface area (Å²) in [4.78, 5) is 0. The summed E-state index contributed by atoms with van der Waals surface area (Å²) in [5.74, 6) is -0.297. The lowest BCUT2D eigenvalue weighted by molar-refractivity contribution is 0.177. The van der Waals surface area contributed by atoms with Crippen molar-refractivity contribution in [2.75, 3.05) is 0 Å². The molecule has 0 amide bonds. The maximum absolute atomic E-state index is 13.8. The first kappa shape index (κ1) is 16.2. The van der Waals surface area contributed by atoms with Crippen molar-refractivity contribution in [2.24, 2.45) is 0 Å². The Morgan fingerprint density at radius 1 is 1.10 bits per heavy atom. The van der Waals surface area contributed by atoms with Gasteiger partial charge >= 0.3 is 0 Å². The molecule has 21 heavy (non-hydrogen) atoms. The van der Waals surface area contributed by atoms with Crippen molar-refractivity contribution in [3.8, 4) is 0 Å². The van der Waals surface area contributed by atoms with E-state index in [9.17, 15) is 9.50 Å². The Bertz CT molecular complexity index is 614. The van der Waals surface area contributed by atoms with Crippen LogP contribution >= 0.6 is 15.9 Å². The summed E-state index contributed by atoms with van der Waals surface area (Å²) < 4.78 is 14.5. The molecule has 0 saturated heterocycles. The smallest absolute Gasteiger partial charge is 0.127 e. The highest BCUT2D eigenvalue weighted by Gasteiger charge is 2.15. The Balaban J connectivity index is 2.15. The van der Waals surface area contributed by atoms with Gasteiger partial charge in [-0.25, -0.2) is 4.39 Å². The predicted octanol–water partition coefficient (Wildman–Crippen LogP) is 5.16. The molecule has 0 spiro atoms. The van der Waals surface area contributed by atoms with E-state index < -0.39 is 6.10 Å². The van der Waals surface area contributed by atoms with Crippen LogP contribution in [0.5, 0.6) is 0 Å². The average Bonchev–Trinajstić information content (AvgIpc) is 2.41. The molecule has 2 rings (SSSR count). The second-order valence-electron chi connectivity index (χ2n) is 6.33. The first-order valence-electron chi connectivity index (χ1n) is 7.00. The van der Waals surface area contributed by atoms with Gasteiger partial charge < -0.3 is 5.11 Å². The molecule has 112 valence electrons. The zero-order chi connectivity index (χ0) is 15.6. The maximum atomic E-state index is 13.8. The normalized spacial score (nSPS) is 13.2. The van der Waals surface area contributed by atoms with Crippen LogP contribution in [0.15, 0.2) is 46.9 Å². The van der Waals surface area contributed by atoms with E-state index in [1.807, 2.05) is 24.3 Å². The van der Waals surface area contributed by atoms with Crippen LogP contribution in [0.2, 0.25) is 0 Å². The Hall–Kier alpha value is -1.19. The van der Waals surface area contributed by atoms with Gasteiger partial charge in [0, 0.05) is 10.9 Å². The molecule has 3 heteroatoms. The van der Waals surface area contributed by atoms with E-state index in [0.717, 1.165) is 5.56 Å². The third-order valence-corrected chi connectivity index (χ3v) is 4.08. The number of rotatable bonds is 3. The summed E-state index contributed by atoms with van der Waals surface area (Å²) in [6.45, 7) is 6.45. The van der Waals surface area contributed by atoms with Crippen LogP contribution in [-0.2, 0) is 11.8 Å². The van der Waals surface area contributed by atoms with Gasteiger partial charge in [0.25, 0.3) is 0 Å². The highest BCUT2D eigenvalue weighted by Crippen LogP contribution is 2.26. The van der Waals surface area contributed by atoms with Gasteiger partial charge in [0.1, 0.15) is 5.82 Å². The van der Waals surface area contributed by atoms with Crippen molar-refractivity contribution in [2.45, 2.75) is 38.7 Å². The van der Waals surface area contributed by atoms with E-state index in [1.165, 1.54) is 11.6 Å². The largest absolute Gasteiger partial charge is 0.388 e. The van der Waals surface area contributed by atoms with E-state index in [2.05, 4.69) is 36.7 Å². The van der Waals surface area contributed by atoms with Crippen molar-refractivity contribution in [1.82, 2.24) is 0 Å². The zero-order valence-corrected chi connectivity index (χ0v) is 14.1. The fourth-order valence-electron chi connectivity index (χ4n) is 2.22. The number of halogens is 2. The number of benzene rings is 2. The van der Waals surface area contributed by atoms with Gasteiger partial charge in [0.15, 0.2) is 0 Å². The quantitative estimate of drug-likeness (QED) is 0.810. The van der Waals surface area contributed by atoms with Gasteiger partial charge in [0.2, 0.25) is 0 Å². The summed E-state index contributed by atoms with van der Waals surface area (Å²) >= 11 is 3.23. The molecule has 0 aliphatic rings. The van der Waals surface area contributed by atoms with Gasteiger partial charge in [-0.2, -0.15) is 0 Å². The Kier molecular flexibility index (Phi) is 4.84. The minimum atomic E-state index is -0.699. The maximum Gasteiger partial charge on any atom is 0.127 e. The fourth-order valence-corrected chi connectivity index (χ4v) is 2.55. The minimum absolute atomic E-state index is 0.0846. The fraction of sp³-hybridized carbons (Fsp3) is 0.333. The van der Waals surface area contributed by atoms with Gasteiger partial charge in [-0.05, 0) is 34.2 Å². The summed E-state index contributed by atoms with van der Waals surface area (Å²) in [5.41, 5.74) is 2.63. The van der Waals surface area contributed by atoms with E-state index in [4.69, 9.17) is 0 Å². The first-order chi connectivity index (χ1) is 9.77. The van der Waals surface area contributed by atoms with Gasteiger partial charge in [-0.15, -0.1) is 0 Å². The molecular weight excluding hydrogens is 331 g/mol. The van der Waals surface area contributed by atoms with Crippen LogP contribution in [0, 0.1) is 5.82 Å². The molecule has 1 atom stereocenters. The average molecular weight is 351 g/mol. The monoisotopic (exact) mass is 350 g/mol. The molecule has 2 aromatic rings. The number of hydrogen-bond acceptors (Lipinski definition) is 1. The zero-order valence-electron chi connectivity index (χ0n) is 12.5. The molecule has 0 aliphatic carbocycles. The molecule has 1 N–H and O–H groups in total. The summed E-state index contributed by atoms with van der Waals surface area (Å²) in [6, 6.07) is 12.8. The Morgan fingerprint density at radius 3 is 2.24 bits per heavy atom. The predicted molar refractivity (Wildman–Crippen MR) is 87.9 cm³/mol. The lowest BCUT2D eigenvalue weighted by Gasteiger charge is -2.20. The lowest BCUT2D eigenvalue weighted by Crippen LogP contribution is -2.11. The Morgan fingerprint density at radius 2 is 1.71 bits per heavy atom. The van der Waals surface area contributed by atoms with Crippen LogP contribution < -0.4 is 0 Å². The highest BCUT2D eigenvalue weighted by molar-refractivity contribution is 9.10. The van der Waals surface area contributed by atoms with Crippen LogP contribution in [0.4, 0.5) is 4.39 Å². The molecule has 0 aromatic heterocycles. The molecule has 0 radical (unpaired) electrons. The second kappa shape index (κ2) is 6.29. The van der Waals surface area contributed by atoms with Crippen molar-refractivity contribution >= 4 is 15.9 Å². The van der Waals surface area contributed by atoms with E-state index >= 15 is 0 Å². The molecule has 1 nitrogen and oxygen atoms in total. The van der Waals surface area contributed by atoms with Crippen LogP contribution in [0.1, 0.15) is 43.6 Å². The van der Waals surface area contributed by atoms with Crippen LogP contribution in [0.25, 0.3) is 0 Å². The van der Waals surface area contributed by atoms with Gasteiger partial charge in [-0.3, -0.25) is 0 Å². The minimum Gasteiger partial charge on any atom is -0.388 e. The third-order valence-electron chi connectivity index (χ3n) is 3.59. The van der Waals surface area contributed by atoms with Gasteiger partial charge in [0.05, 0.1) is 6.10 Å². The summed E-state index contributed by atoms with van der Waals surface area (Å²) in [7, 11) is 0. The van der Waals surface area contributed by atoms with Crippen molar-refractivity contribution < 1.29 is 9.50 Å². The second-order valence-corrected chi connectivity index (χ2v) is 7.24. The van der Waals surface area contributed by atoms with E-state index in [0.29, 0.717) is 10.0 Å². The molecule has 2 aromatic carbocycles. The van der Waals surface area contributed by atoms with E-state index in [1.54, 1.807) is 12.1 Å². The highest BCUT2D eigenvalue weighted by atomic mass is 79.9. The first-order valence-corrected chi connectivity index (χ1v) is 7.79. The molecule has 0 fully saturated rings. The SMILES string of the molecule is CC(C)(C)c1ccc(C(O)Cc2ccc(Br)cc2F)cc1. The van der Waals surface area contributed by atoms with Crippen LogP contribution in [0.3, 0.4) is 0 Å². The van der Waals surface area contributed by atoms with Crippen molar-refractivity contribution in [3.05, 3.63) is 69.4 Å². The summed E-state index contributed by atoms with van der Waals surface area (Å²) in [6.07, 6.45) is -0.428. The third kappa shape index (κ3) is 4.14. The molecular formula is C18H20BrFO. The number of aliphatic hydroxyl groups excluding tert-OH is 1. The Labute approximate surface area is 134 Å².